The summed E-state index contributed by atoms with van der Waals surface area (Å²) in [5, 5.41) is 1.98. The molecule has 6 heteroatoms. The van der Waals surface area contributed by atoms with Gasteiger partial charge in [0.25, 0.3) is 0 Å². The number of imidazole rings is 1. The van der Waals surface area contributed by atoms with Gasteiger partial charge in [-0.1, -0.05) is 13.8 Å². The highest BCUT2D eigenvalue weighted by Crippen LogP contribution is 2.32. The first-order chi connectivity index (χ1) is 9.53. The summed E-state index contributed by atoms with van der Waals surface area (Å²) in [6.45, 7) is 6.44. The summed E-state index contributed by atoms with van der Waals surface area (Å²) in [6.07, 6.45) is 4.42. The van der Waals surface area contributed by atoms with Crippen LogP contribution < -0.4 is 5.73 Å². The quantitative estimate of drug-likeness (QED) is 0.829. The maximum atomic E-state index is 12.4. The van der Waals surface area contributed by atoms with Crippen molar-refractivity contribution in [2.75, 3.05) is 13.2 Å². The number of carbonyl (C=O) groups is 1. The van der Waals surface area contributed by atoms with Gasteiger partial charge in [0.2, 0.25) is 0 Å². The van der Waals surface area contributed by atoms with Crippen molar-refractivity contribution in [1.82, 2.24) is 9.38 Å². The molecule has 2 rings (SSSR count). The van der Waals surface area contributed by atoms with Gasteiger partial charge in [-0.15, -0.1) is 11.3 Å². The average Bonchev–Trinajstić information content (AvgIpc) is 2.96. The Bertz CT molecular complexity index is 562. The second kappa shape index (κ2) is 5.93. The SMILES string of the molecule is CCOC(=O)C(CN)(Cc1cn2ccsc2n1)C(C)C. The predicted octanol–water partition coefficient (Wildman–Crippen LogP) is 2.10. The number of hydrogen-bond acceptors (Lipinski definition) is 5. The summed E-state index contributed by atoms with van der Waals surface area (Å²) in [5.41, 5.74) is 6.09. The van der Waals surface area contributed by atoms with E-state index in [0.29, 0.717) is 13.0 Å². The highest BCUT2D eigenvalue weighted by molar-refractivity contribution is 7.15. The lowest BCUT2D eigenvalue weighted by molar-refractivity contribution is -0.157. The fourth-order valence-corrected chi connectivity index (χ4v) is 3.08. The van der Waals surface area contributed by atoms with E-state index >= 15 is 0 Å². The molecule has 0 saturated heterocycles. The van der Waals surface area contributed by atoms with Crippen LogP contribution in [0.4, 0.5) is 0 Å². The van der Waals surface area contributed by atoms with Gasteiger partial charge in [0.05, 0.1) is 17.7 Å². The first kappa shape index (κ1) is 15.0. The highest BCUT2D eigenvalue weighted by Gasteiger charge is 2.42. The number of carbonyl (C=O) groups excluding carboxylic acids is 1. The molecule has 0 aliphatic rings. The summed E-state index contributed by atoms with van der Waals surface area (Å²) in [7, 11) is 0. The second-order valence-corrected chi connectivity index (χ2v) is 6.11. The summed E-state index contributed by atoms with van der Waals surface area (Å²) in [4.78, 5) is 17.8. The van der Waals surface area contributed by atoms with E-state index in [1.165, 1.54) is 0 Å². The predicted molar refractivity (Wildman–Crippen MR) is 79.7 cm³/mol. The minimum absolute atomic E-state index is 0.0892. The molecule has 0 saturated carbocycles. The van der Waals surface area contributed by atoms with Crippen molar-refractivity contribution in [3.8, 4) is 0 Å². The van der Waals surface area contributed by atoms with Gasteiger partial charge in [-0.2, -0.15) is 0 Å². The van der Waals surface area contributed by atoms with Gasteiger partial charge in [-0.05, 0) is 12.8 Å². The molecule has 0 amide bonds. The Morgan fingerprint density at radius 3 is 2.90 bits per heavy atom. The van der Waals surface area contributed by atoms with Crippen LogP contribution in [-0.2, 0) is 16.0 Å². The van der Waals surface area contributed by atoms with Crippen LogP contribution in [0, 0.1) is 11.3 Å². The van der Waals surface area contributed by atoms with E-state index in [1.807, 2.05) is 42.9 Å². The Balaban J connectivity index is 2.31. The van der Waals surface area contributed by atoms with Crippen LogP contribution in [-0.4, -0.2) is 28.5 Å². The molecule has 0 aromatic carbocycles. The lowest BCUT2D eigenvalue weighted by Gasteiger charge is -2.33. The van der Waals surface area contributed by atoms with E-state index in [9.17, 15) is 4.79 Å². The third kappa shape index (κ3) is 2.58. The minimum Gasteiger partial charge on any atom is -0.466 e. The van der Waals surface area contributed by atoms with Gasteiger partial charge in [0.1, 0.15) is 0 Å². The van der Waals surface area contributed by atoms with Crippen LogP contribution in [0.2, 0.25) is 0 Å². The molecule has 2 aromatic rings. The molecule has 5 nitrogen and oxygen atoms in total. The lowest BCUT2D eigenvalue weighted by atomic mass is 9.73. The maximum absolute atomic E-state index is 12.4. The van der Waals surface area contributed by atoms with E-state index in [1.54, 1.807) is 11.3 Å². The van der Waals surface area contributed by atoms with E-state index in [0.717, 1.165) is 10.7 Å². The Morgan fingerprint density at radius 1 is 1.60 bits per heavy atom. The molecule has 1 unspecified atom stereocenters. The van der Waals surface area contributed by atoms with Gasteiger partial charge in [0.15, 0.2) is 4.96 Å². The van der Waals surface area contributed by atoms with E-state index < -0.39 is 5.41 Å². The van der Waals surface area contributed by atoms with Gasteiger partial charge >= 0.3 is 5.97 Å². The van der Waals surface area contributed by atoms with Crippen LogP contribution in [0.1, 0.15) is 26.5 Å². The third-order valence-corrected chi connectivity index (χ3v) is 4.56. The second-order valence-electron chi connectivity index (χ2n) is 5.24. The van der Waals surface area contributed by atoms with E-state index in [4.69, 9.17) is 10.5 Å². The highest BCUT2D eigenvalue weighted by atomic mass is 32.1. The topological polar surface area (TPSA) is 69.6 Å². The summed E-state index contributed by atoms with van der Waals surface area (Å²) in [6, 6.07) is 0. The summed E-state index contributed by atoms with van der Waals surface area (Å²) < 4.78 is 7.20. The molecule has 2 heterocycles. The summed E-state index contributed by atoms with van der Waals surface area (Å²) in [5.74, 6) is -0.139. The van der Waals surface area contributed by atoms with Crippen molar-refractivity contribution in [2.45, 2.75) is 27.2 Å². The van der Waals surface area contributed by atoms with Gasteiger partial charge in [0, 0.05) is 30.7 Å². The average molecular weight is 295 g/mol. The molecule has 0 aliphatic carbocycles. The van der Waals surface area contributed by atoms with Gasteiger partial charge in [-0.3, -0.25) is 9.20 Å². The molecular formula is C14H21N3O2S. The third-order valence-electron chi connectivity index (χ3n) is 3.79. The number of nitrogens with zero attached hydrogens (tertiary/aromatic N) is 2. The first-order valence-electron chi connectivity index (χ1n) is 6.82. The number of fused-ring (bicyclic) bond motifs is 1. The molecule has 1 atom stereocenters. The monoisotopic (exact) mass is 295 g/mol. The lowest BCUT2D eigenvalue weighted by Crippen LogP contribution is -2.46. The molecule has 110 valence electrons. The van der Waals surface area contributed by atoms with Crippen LogP contribution in [0.5, 0.6) is 0 Å². The molecule has 0 spiro atoms. The van der Waals surface area contributed by atoms with E-state index in [2.05, 4.69) is 4.98 Å². The zero-order chi connectivity index (χ0) is 14.8. The Labute approximate surface area is 122 Å². The van der Waals surface area contributed by atoms with Crippen molar-refractivity contribution < 1.29 is 9.53 Å². The maximum Gasteiger partial charge on any atom is 0.314 e. The van der Waals surface area contributed by atoms with Crippen molar-refractivity contribution >= 4 is 22.3 Å². The normalized spacial score (nSPS) is 14.7. The molecular weight excluding hydrogens is 274 g/mol. The summed E-state index contributed by atoms with van der Waals surface area (Å²) >= 11 is 1.57. The van der Waals surface area contributed by atoms with Crippen LogP contribution in [0.25, 0.3) is 4.96 Å². The number of hydrogen-bond donors (Lipinski definition) is 1. The van der Waals surface area contributed by atoms with Gasteiger partial charge in [-0.25, -0.2) is 4.98 Å². The molecule has 0 fully saturated rings. The van der Waals surface area contributed by atoms with Crippen LogP contribution >= 0.6 is 11.3 Å². The molecule has 2 aromatic heterocycles. The number of aromatic nitrogens is 2. The Morgan fingerprint density at radius 2 is 2.35 bits per heavy atom. The van der Waals surface area contributed by atoms with Crippen LogP contribution in [0.3, 0.4) is 0 Å². The van der Waals surface area contributed by atoms with Gasteiger partial charge < -0.3 is 10.5 Å². The van der Waals surface area contributed by atoms with Crippen LogP contribution in [0.15, 0.2) is 17.8 Å². The number of esters is 1. The Hall–Kier alpha value is -1.40. The zero-order valence-electron chi connectivity index (χ0n) is 12.1. The molecule has 0 aliphatic heterocycles. The number of rotatable bonds is 6. The molecule has 2 N–H and O–H groups in total. The van der Waals surface area contributed by atoms with Crippen molar-refractivity contribution in [3.63, 3.8) is 0 Å². The smallest absolute Gasteiger partial charge is 0.314 e. The minimum atomic E-state index is -0.708. The molecule has 0 bridgehead atoms. The van der Waals surface area contributed by atoms with Crippen molar-refractivity contribution in [2.24, 2.45) is 17.1 Å². The number of nitrogens with two attached hydrogens (primary N) is 1. The first-order valence-corrected chi connectivity index (χ1v) is 7.70. The molecule has 0 radical (unpaired) electrons. The molecule has 20 heavy (non-hydrogen) atoms. The number of ether oxygens (including phenoxy) is 1. The fourth-order valence-electron chi connectivity index (χ4n) is 2.36. The number of thiazole rings is 1. The zero-order valence-corrected chi connectivity index (χ0v) is 12.9. The fraction of sp³-hybridized carbons (Fsp3) is 0.571. The van der Waals surface area contributed by atoms with Crippen molar-refractivity contribution in [3.05, 3.63) is 23.5 Å². The standard InChI is InChI=1S/C14H21N3O2S/c1-4-19-12(18)14(9-15,10(2)3)7-11-8-17-5-6-20-13(17)16-11/h5-6,8,10H,4,7,9,15H2,1-3H3. The van der Waals surface area contributed by atoms with E-state index in [-0.39, 0.29) is 18.4 Å². The largest absolute Gasteiger partial charge is 0.466 e. The van der Waals surface area contributed by atoms with Crippen molar-refractivity contribution in [1.29, 1.82) is 0 Å². The Kier molecular flexibility index (Phi) is 4.45.